The molecule has 108 valence electrons. The van der Waals surface area contributed by atoms with Crippen molar-refractivity contribution < 1.29 is 23.1 Å². The fourth-order valence-electron chi connectivity index (χ4n) is 1.91. The molecule has 1 N–H and O–H groups in total. The van der Waals surface area contributed by atoms with Crippen LogP contribution in [-0.2, 0) is 11.3 Å². The molecule has 2 aromatic rings. The van der Waals surface area contributed by atoms with Gasteiger partial charge in [0.25, 0.3) is 0 Å². The van der Waals surface area contributed by atoms with Gasteiger partial charge in [0, 0.05) is 18.9 Å². The highest BCUT2D eigenvalue weighted by Crippen LogP contribution is 2.18. The van der Waals surface area contributed by atoms with E-state index in [4.69, 9.17) is 5.11 Å². The SMILES string of the molecule is O=C(O)CN(Cc1cn2ccccc2n1)CC(F)(F)F. The molecule has 0 aliphatic heterocycles. The molecule has 0 spiro atoms. The summed E-state index contributed by atoms with van der Waals surface area (Å²) in [6.45, 7) is -2.14. The topological polar surface area (TPSA) is 57.8 Å². The Hall–Kier alpha value is -2.09. The second kappa shape index (κ2) is 5.49. The summed E-state index contributed by atoms with van der Waals surface area (Å²) in [6.07, 6.45) is -1.15. The molecule has 2 heterocycles. The molecular weight excluding hydrogens is 275 g/mol. The lowest BCUT2D eigenvalue weighted by Crippen LogP contribution is -2.37. The fourth-order valence-corrected chi connectivity index (χ4v) is 1.91. The van der Waals surface area contributed by atoms with Crippen LogP contribution in [0.25, 0.3) is 5.65 Å². The van der Waals surface area contributed by atoms with Crippen LogP contribution >= 0.6 is 0 Å². The molecule has 2 rings (SSSR count). The second-order valence-corrected chi connectivity index (χ2v) is 4.35. The summed E-state index contributed by atoms with van der Waals surface area (Å²) in [6, 6.07) is 5.24. The Kier molecular flexibility index (Phi) is 3.93. The molecule has 0 radical (unpaired) electrons. The minimum Gasteiger partial charge on any atom is -0.480 e. The number of halogens is 3. The van der Waals surface area contributed by atoms with Gasteiger partial charge in [-0.15, -0.1) is 0 Å². The Morgan fingerprint density at radius 3 is 2.75 bits per heavy atom. The maximum atomic E-state index is 12.4. The fraction of sp³-hybridized carbons (Fsp3) is 0.333. The molecule has 0 aliphatic carbocycles. The molecule has 0 amide bonds. The zero-order valence-electron chi connectivity index (χ0n) is 10.3. The number of aliphatic carboxylic acids is 1. The molecule has 0 fully saturated rings. The number of aromatic nitrogens is 2. The van der Waals surface area contributed by atoms with Gasteiger partial charge < -0.3 is 9.51 Å². The number of pyridine rings is 1. The van der Waals surface area contributed by atoms with E-state index in [1.807, 2.05) is 0 Å². The summed E-state index contributed by atoms with van der Waals surface area (Å²) >= 11 is 0. The Morgan fingerprint density at radius 1 is 1.40 bits per heavy atom. The summed E-state index contributed by atoms with van der Waals surface area (Å²) in [4.78, 5) is 15.6. The number of nitrogens with zero attached hydrogens (tertiary/aromatic N) is 3. The molecular formula is C12H12F3N3O2. The van der Waals surface area contributed by atoms with E-state index in [-0.39, 0.29) is 6.54 Å². The average molecular weight is 287 g/mol. The third kappa shape index (κ3) is 3.95. The van der Waals surface area contributed by atoms with Gasteiger partial charge in [0.2, 0.25) is 0 Å². The maximum Gasteiger partial charge on any atom is 0.401 e. The van der Waals surface area contributed by atoms with Crippen molar-refractivity contribution in [2.75, 3.05) is 13.1 Å². The predicted octanol–water partition coefficient (Wildman–Crippen LogP) is 1.78. The molecule has 8 heteroatoms. The van der Waals surface area contributed by atoms with Crippen molar-refractivity contribution in [1.29, 1.82) is 0 Å². The van der Waals surface area contributed by atoms with Crippen molar-refractivity contribution in [3.05, 3.63) is 36.3 Å². The first-order chi connectivity index (χ1) is 9.33. The first-order valence-electron chi connectivity index (χ1n) is 5.77. The number of hydrogen-bond donors (Lipinski definition) is 1. The predicted molar refractivity (Wildman–Crippen MR) is 64.2 cm³/mol. The lowest BCUT2D eigenvalue weighted by Gasteiger charge is -2.20. The molecule has 0 atom stereocenters. The van der Waals surface area contributed by atoms with E-state index in [0.29, 0.717) is 11.3 Å². The molecule has 5 nitrogen and oxygen atoms in total. The summed E-state index contributed by atoms with van der Waals surface area (Å²) in [5, 5.41) is 8.66. The van der Waals surface area contributed by atoms with Gasteiger partial charge in [-0.25, -0.2) is 4.98 Å². The van der Waals surface area contributed by atoms with Gasteiger partial charge >= 0.3 is 12.1 Å². The number of rotatable bonds is 5. The molecule has 0 aliphatic rings. The van der Waals surface area contributed by atoms with Crippen LogP contribution in [0.5, 0.6) is 0 Å². The lowest BCUT2D eigenvalue weighted by atomic mass is 10.4. The largest absolute Gasteiger partial charge is 0.480 e. The monoisotopic (exact) mass is 287 g/mol. The Morgan fingerprint density at radius 2 is 2.15 bits per heavy atom. The quantitative estimate of drug-likeness (QED) is 0.910. The van der Waals surface area contributed by atoms with Gasteiger partial charge in [0.1, 0.15) is 5.65 Å². The number of fused-ring (bicyclic) bond motifs is 1. The van der Waals surface area contributed by atoms with Gasteiger partial charge in [-0.3, -0.25) is 9.69 Å². The van der Waals surface area contributed by atoms with E-state index in [1.54, 1.807) is 35.0 Å². The number of carbonyl (C=O) groups is 1. The van der Waals surface area contributed by atoms with Crippen molar-refractivity contribution in [2.45, 2.75) is 12.7 Å². The Bertz CT molecular complexity index is 576. The smallest absolute Gasteiger partial charge is 0.401 e. The van der Waals surface area contributed by atoms with Gasteiger partial charge in [-0.1, -0.05) is 6.07 Å². The molecule has 0 saturated heterocycles. The van der Waals surface area contributed by atoms with Gasteiger partial charge in [0.15, 0.2) is 0 Å². The summed E-state index contributed by atoms with van der Waals surface area (Å²) in [5.41, 5.74) is 0.992. The molecule has 2 aromatic heterocycles. The normalized spacial score (nSPS) is 12.2. The van der Waals surface area contributed by atoms with Crippen molar-refractivity contribution >= 4 is 11.6 Å². The van der Waals surface area contributed by atoms with Gasteiger partial charge in [-0.05, 0) is 12.1 Å². The zero-order chi connectivity index (χ0) is 14.8. The van der Waals surface area contributed by atoms with Crippen LogP contribution in [0.15, 0.2) is 30.6 Å². The van der Waals surface area contributed by atoms with Crippen LogP contribution in [-0.4, -0.2) is 44.6 Å². The highest BCUT2D eigenvalue weighted by Gasteiger charge is 2.31. The Labute approximate surface area is 112 Å². The lowest BCUT2D eigenvalue weighted by molar-refractivity contribution is -0.154. The minimum atomic E-state index is -4.45. The second-order valence-electron chi connectivity index (χ2n) is 4.35. The van der Waals surface area contributed by atoms with E-state index >= 15 is 0 Å². The van der Waals surface area contributed by atoms with Crippen LogP contribution in [0.4, 0.5) is 13.2 Å². The number of alkyl halides is 3. The third-order valence-corrected chi connectivity index (χ3v) is 2.56. The van der Waals surface area contributed by atoms with Crippen LogP contribution in [0.3, 0.4) is 0 Å². The number of carboxylic acids is 1. The highest BCUT2D eigenvalue weighted by atomic mass is 19.4. The third-order valence-electron chi connectivity index (χ3n) is 2.56. The highest BCUT2D eigenvalue weighted by molar-refractivity contribution is 5.69. The number of imidazole rings is 1. The molecule has 0 aromatic carbocycles. The van der Waals surface area contributed by atoms with E-state index in [0.717, 1.165) is 4.90 Å². The zero-order valence-corrected chi connectivity index (χ0v) is 10.3. The van der Waals surface area contributed by atoms with E-state index in [2.05, 4.69) is 4.98 Å². The summed E-state index contributed by atoms with van der Waals surface area (Å²) < 4.78 is 38.9. The van der Waals surface area contributed by atoms with Crippen molar-refractivity contribution in [1.82, 2.24) is 14.3 Å². The number of carboxylic acid groups (broad SMARTS) is 1. The van der Waals surface area contributed by atoms with Crippen LogP contribution in [0, 0.1) is 0 Å². The maximum absolute atomic E-state index is 12.4. The molecule has 0 bridgehead atoms. The van der Waals surface area contributed by atoms with Crippen molar-refractivity contribution in [3.8, 4) is 0 Å². The number of hydrogen-bond acceptors (Lipinski definition) is 3. The van der Waals surface area contributed by atoms with E-state index in [1.165, 1.54) is 0 Å². The van der Waals surface area contributed by atoms with Crippen LogP contribution < -0.4 is 0 Å². The van der Waals surface area contributed by atoms with Gasteiger partial charge in [-0.2, -0.15) is 13.2 Å². The van der Waals surface area contributed by atoms with Crippen molar-refractivity contribution in [2.24, 2.45) is 0 Å². The van der Waals surface area contributed by atoms with E-state index < -0.39 is 25.2 Å². The van der Waals surface area contributed by atoms with Crippen molar-refractivity contribution in [3.63, 3.8) is 0 Å². The minimum absolute atomic E-state index is 0.173. The van der Waals surface area contributed by atoms with Gasteiger partial charge in [0.05, 0.1) is 18.8 Å². The Balaban J connectivity index is 2.15. The summed E-state index contributed by atoms with van der Waals surface area (Å²) in [7, 11) is 0. The first-order valence-corrected chi connectivity index (χ1v) is 5.77. The summed E-state index contributed by atoms with van der Waals surface area (Å²) in [5.74, 6) is -1.31. The van der Waals surface area contributed by atoms with Crippen LogP contribution in [0.2, 0.25) is 0 Å². The first kappa shape index (κ1) is 14.3. The van der Waals surface area contributed by atoms with Crippen LogP contribution in [0.1, 0.15) is 5.69 Å². The molecule has 0 unspecified atom stereocenters. The average Bonchev–Trinajstić information content (AvgIpc) is 2.67. The molecule has 20 heavy (non-hydrogen) atoms. The standard InChI is InChI=1S/C12H12F3N3O2/c13-12(14,15)8-17(7-11(19)20)5-9-6-18-4-2-1-3-10(18)16-9/h1-4,6H,5,7-8H2,(H,19,20). The van der Waals surface area contributed by atoms with E-state index in [9.17, 15) is 18.0 Å². The molecule has 0 saturated carbocycles.